The molecule has 22 heavy (non-hydrogen) atoms. The zero-order valence-electron chi connectivity index (χ0n) is 13.5. The van der Waals surface area contributed by atoms with Gasteiger partial charge in [-0.15, -0.1) is 0 Å². The number of nitrogens with one attached hydrogen (secondary N) is 2. The number of carbonyl (C=O) groups excluding carboxylic acids is 1. The molecule has 0 amide bonds. The molecule has 4 heteroatoms. The molecule has 0 radical (unpaired) electrons. The van der Waals surface area contributed by atoms with E-state index in [4.69, 9.17) is 0 Å². The minimum atomic E-state index is 0.431. The average molecular weight is 304 g/mol. The number of rotatable bonds is 6. The number of hydrogen-bond acceptors (Lipinski definition) is 4. The minimum absolute atomic E-state index is 0.431. The molecule has 0 spiro atoms. The van der Waals surface area contributed by atoms with Crippen molar-refractivity contribution in [3.63, 3.8) is 0 Å². The van der Waals surface area contributed by atoms with E-state index in [9.17, 15) is 4.79 Å². The van der Waals surface area contributed by atoms with Gasteiger partial charge in [0.1, 0.15) is 0 Å². The maximum Gasteiger partial charge on any atom is 0.293 e. The second-order valence-electron chi connectivity index (χ2n) is 6.01. The van der Waals surface area contributed by atoms with Crippen molar-refractivity contribution < 1.29 is 9.53 Å². The van der Waals surface area contributed by atoms with Crippen LogP contribution in [0.5, 0.6) is 0 Å². The Morgan fingerprint density at radius 2 is 2.00 bits per heavy atom. The Hall–Kier alpha value is -1.39. The van der Waals surface area contributed by atoms with E-state index in [-0.39, 0.29) is 0 Å². The van der Waals surface area contributed by atoms with E-state index in [0.29, 0.717) is 13.1 Å². The maximum absolute atomic E-state index is 9.18. The second kappa shape index (κ2) is 9.59. The van der Waals surface area contributed by atoms with Crippen LogP contribution >= 0.6 is 0 Å². The predicted octanol–water partition coefficient (Wildman–Crippen LogP) is 2.31. The average Bonchev–Trinajstić information content (AvgIpc) is 3.36. The van der Waals surface area contributed by atoms with E-state index in [1.807, 2.05) is 0 Å². The lowest BCUT2D eigenvalue weighted by molar-refractivity contribution is -0.128. The van der Waals surface area contributed by atoms with Crippen molar-refractivity contribution in [2.75, 3.05) is 26.2 Å². The van der Waals surface area contributed by atoms with Gasteiger partial charge in [-0.25, -0.2) is 0 Å². The molecule has 3 rings (SSSR count). The van der Waals surface area contributed by atoms with Gasteiger partial charge in [0.25, 0.3) is 6.47 Å². The molecular formula is C18H28N2O2. The van der Waals surface area contributed by atoms with Crippen LogP contribution in [0.15, 0.2) is 30.3 Å². The normalized spacial score (nSPS) is 24.0. The van der Waals surface area contributed by atoms with Crippen molar-refractivity contribution in [3.05, 3.63) is 35.9 Å². The van der Waals surface area contributed by atoms with Crippen LogP contribution in [-0.4, -0.2) is 38.8 Å². The van der Waals surface area contributed by atoms with Crippen LogP contribution in [0.4, 0.5) is 0 Å². The van der Waals surface area contributed by atoms with Crippen molar-refractivity contribution in [1.29, 1.82) is 0 Å². The highest BCUT2D eigenvalue weighted by molar-refractivity contribution is 5.36. The summed E-state index contributed by atoms with van der Waals surface area (Å²) in [4.78, 5) is 9.18. The van der Waals surface area contributed by atoms with Crippen LogP contribution in [0.25, 0.3) is 0 Å². The maximum atomic E-state index is 9.18. The Kier molecular flexibility index (Phi) is 7.40. The minimum Gasteiger partial charge on any atom is -0.468 e. The Bertz CT molecular complexity index is 418. The van der Waals surface area contributed by atoms with Gasteiger partial charge in [0.05, 0.1) is 6.61 Å². The summed E-state index contributed by atoms with van der Waals surface area (Å²) < 4.78 is 4.15. The third kappa shape index (κ3) is 5.78. The lowest BCUT2D eigenvalue weighted by Crippen LogP contribution is -2.34. The van der Waals surface area contributed by atoms with Crippen molar-refractivity contribution in [2.24, 2.45) is 5.92 Å². The molecule has 1 saturated heterocycles. The van der Waals surface area contributed by atoms with Crippen LogP contribution in [0.2, 0.25) is 0 Å². The molecule has 1 aliphatic heterocycles. The van der Waals surface area contributed by atoms with Crippen LogP contribution in [0, 0.1) is 5.92 Å². The van der Waals surface area contributed by atoms with Gasteiger partial charge in [-0.1, -0.05) is 30.3 Å². The summed E-state index contributed by atoms with van der Waals surface area (Å²) in [5, 5.41) is 7.17. The summed E-state index contributed by atoms with van der Waals surface area (Å²) in [5.41, 5.74) is 1.51. The van der Waals surface area contributed by atoms with Crippen LogP contribution in [0.3, 0.4) is 0 Å². The number of carbonyl (C=O) groups is 1. The van der Waals surface area contributed by atoms with Gasteiger partial charge in [0.2, 0.25) is 0 Å². The molecule has 4 nitrogen and oxygen atoms in total. The Morgan fingerprint density at radius 1 is 1.27 bits per heavy atom. The summed E-state index contributed by atoms with van der Waals surface area (Å²) in [5.74, 6) is 1.67. The van der Waals surface area contributed by atoms with Crippen molar-refractivity contribution >= 4 is 6.47 Å². The van der Waals surface area contributed by atoms with E-state index < -0.39 is 0 Å². The highest BCUT2D eigenvalue weighted by Crippen LogP contribution is 2.40. The standard InChI is InChI=1S/C15H22N2.C3H6O2/c1-2-4-13(5-3-1)14-10-15(14)17-11-12-6-8-16-9-7-12;1-2-5-3-4/h1-5,12,14-17H,6-11H2;3H,2H2,1H3/t14-,15+;/m0./s1. The van der Waals surface area contributed by atoms with Crippen LogP contribution in [0.1, 0.15) is 37.7 Å². The third-order valence-corrected chi connectivity index (χ3v) is 4.38. The first-order valence-corrected chi connectivity index (χ1v) is 8.39. The van der Waals surface area contributed by atoms with Crippen LogP contribution in [-0.2, 0) is 9.53 Å². The molecule has 2 fully saturated rings. The third-order valence-electron chi connectivity index (χ3n) is 4.38. The Balaban J connectivity index is 0.000000309. The van der Waals surface area contributed by atoms with Crippen molar-refractivity contribution in [2.45, 2.75) is 38.1 Å². The molecule has 1 aliphatic carbocycles. The highest BCUT2D eigenvalue weighted by atomic mass is 16.5. The van der Waals surface area contributed by atoms with Crippen molar-refractivity contribution in [3.8, 4) is 0 Å². The molecule has 0 unspecified atom stereocenters. The lowest BCUT2D eigenvalue weighted by atomic mass is 9.98. The lowest BCUT2D eigenvalue weighted by Gasteiger charge is -2.22. The quantitative estimate of drug-likeness (QED) is 0.792. The molecule has 0 aromatic heterocycles. The smallest absolute Gasteiger partial charge is 0.293 e. The molecule has 122 valence electrons. The van der Waals surface area contributed by atoms with Gasteiger partial charge >= 0.3 is 0 Å². The van der Waals surface area contributed by atoms with Gasteiger partial charge < -0.3 is 15.4 Å². The predicted molar refractivity (Wildman–Crippen MR) is 88.9 cm³/mol. The Labute approximate surface area is 133 Å². The second-order valence-corrected chi connectivity index (χ2v) is 6.01. The first kappa shape index (κ1) is 17.0. The SMILES string of the molecule is CCOC=O.c1ccc([C@@H]2C[C@H]2NCC2CCNCC2)cc1. The zero-order chi connectivity index (χ0) is 15.6. The summed E-state index contributed by atoms with van der Waals surface area (Å²) in [6, 6.07) is 11.7. The number of hydrogen-bond donors (Lipinski definition) is 2. The molecule has 1 aromatic rings. The number of benzene rings is 1. The summed E-state index contributed by atoms with van der Waals surface area (Å²) >= 11 is 0. The van der Waals surface area contributed by atoms with E-state index >= 15 is 0 Å². The fourth-order valence-electron chi connectivity index (χ4n) is 2.96. The van der Waals surface area contributed by atoms with E-state index in [1.165, 1.54) is 44.5 Å². The van der Waals surface area contributed by atoms with Gasteiger partial charge in [0.15, 0.2) is 0 Å². The molecule has 2 atom stereocenters. The number of piperidine rings is 1. The monoisotopic (exact) mass is 304 g/mol. The number of ether oxygens (including phenoxy) is 1. The molecule has 2 N–H and O–H groups in total. The first-order chi connectivity index (χ1) is 10.8. The molecule has 2 aliphatic rings. The fraction of sp³-hybridized carbons (Fsp3) is 0.611. The van der Waals surface area contributed by atoms with E-state index in [1.54, 1.807) is 6.92 Å². The van der Waals surface area contributed by atoms with Gasteiger partial charge in [-0.05, 0) is 57.3 Å². The Morgan fingerprint density at radius 3 is 2.59 bits per heavy atom. The molecule has 1 saturated carbocycles. The molecule has 1 aromatic carbocycles. The molecule has 0 bridgehead atoms. The first-order valence-electron chi connectivity index (χ1n) is 8.39. The summed E-state index contributed by atoms with van der Waals surface area (Å²) in [6.45, 7) is 6.30. The molecule has 1 heterocycles. The van der Waals surface area contributed by atoms with Gasteiger partial charge in [0, 0.05) is 12.0 Å². The van der Waals surface area contributed by atoms with E-state index in [2.05, 4.69) is 45.7 Å². The topological polar surface area (TPSA) is 50.4 Å². The van der Waals surface area contributed by atoms with Gasteiger partial charge in [-0.2, -0.15) is 0 Å². The highest BCUT2D eigenvalue weighted by Gasteiger charge is 2.37. The summed E-state index contributed by atoms with van der Waals surface area (Å²) in [7, 11) is 0. The zero-order valence-corrected chi connectivity index (χ0v) is 13.5. The molecular weight excluding hydrogens is 276 g/mol. The fourth-order valence-corrected chi connectivity index (χ4v) is 2.96. The largest absolute Gasteiger partial charge is 0.468 e. The van der Waals surface area contributed by atoms with E-state index in [0.717, 1.165) is 17.9 Å². The van der Waals surface area contributed by atoms with Crippen molar-refractivity contribution in [1.82, 2.24) is 10.6 Å². The summed E-state index contributed by atoms with van der Waals surface area (Å²) in [6.07, 6.45) is 4.01. The van der Waals surface area contributed by atoms with Crippen LogP contribution < -0.4 is 10.6 Å². The van der Waals surface area contributed by atoms with Gasteiger partial charge in [-0.3, -0.25) is 4.79 Å².